The minimum Gasteiger partial charge on any atom is -0.480 e. The highest BCUT2D eigenvalue weighted by Gasteiger charge is 2.26. The maximum Gasteiger partial charge on any atom is 0.323 e. The number of carbonyl (C=O) groups is 7. The monoisotopic (exact) mass is 763 g/mol. The molecule has 2 atom stereocenters. The molecule has 1 heterocycles. The number of aliphatic carboxylic acids is 4. The first-order valence-corrected chi connectivity index (χ1v) is 18.3. The molecule has 18 heteroatoms. The first-order valence-electron chi connectivity index (χ1n) is 18.3. The van der Waals surface area contributed by atoms with Crippen molar-refractivity contribution in [3.8, 4) is 0 Å². The molecule has 1 aromatic carbocycles. The number of rotatable bonds is 19. The van der Waals surface area contributed by atoms with Gasteiger partial charge in [0, 0.05) is 82.3 Å². The normalized spacial score (nSPS) is 16.6. The molecule has 302 valence electrons. The molecule has 54 heavy (non-hydrogen) atoms. The Hall–Kier alpha value is -4.65. The van der Waals surface area contributed by atoms with Crippen LogP contribution in [0.1, 0.15) is 61.3 Å². The van der Waals surface area contributed by atoms with E-state index in [0.29, 0.717) is 13.1 Å². The standard InChI is InChI=1S/C36H57N7O11/c1-5-25(3)18-37-35(53)27-15-28(36(54)38-19-26(4)6-2)17-29(16-27)43(24-34(51)52)30(44)20-39-7-9-40(21-31(45)46)11-13-42(23-33(49)50)14-12-41(10-8-39)22-32(47)48/h15-17,25-26H,5-14,18-24H2,1-4H3,(H,37,53)(H,38,54)(H,45,46)(H,47,48)(H,49,50)(H,51,52). The molecule has 0 saturated carbocycles. The van der Waals surface area contributed by atoms with Crippen molar-refractivity contribution in [2.45, 2.75) is 40.5 Å². The second-order valence-corrected chi connectivity index (χ2v) is 13.9. The fourth-order valence-electron chi connectivity index (χ4n) is 5.58. The summed E-state index contributed by atoms with van der Waals surface area (Å²) in [6, 6.07) is 4.12. The Morgan fingerprint density at radius 1 is 0.574 bits per heavy atom. The van der Waals surface area contributed by atoms with Crippen LogP contribution in [-0.2, 0) is 24.0 Å². The molecule has 2 rings (SSSR count). The third-order valence-electron chi connectivity index (χ3n) is 9.33. The Morgan fingerprint density at radius 2 is 0.907 bits per heavy atom. The zero-order valence-electron chi connectivity index (χ0n) is 31.8. The average molecular weight is 764 g/mol. The minimum atomic E-state index is -1.35. The van der Waals surface area contributed by atoms with Crippen LogP contribution in [-0.4, -0.2) is 180 Å². The highest BCUT2D eigenvalue weighted by atomic mass is 16.4. The third-order valence-corrected chi connectivity index (χ3v) is 9.33. The topological polar surface area (TPSA) is 241 Å². The van der Waals surface area contributed by atoms with Crippen LogP contribution in [0.4, 0.5) is 5.69 Å². The van der Waals surface area contributed by atoms with Crippen LogP contribution in [0.5, 0.6) is 0 Å². The number of nitrogens with zero attached hydrogens (tertiary/aromatic N) is 5. The highest BCUT2D eigenvalue weighted by molar-refractivity contribution is 6.04. The molecule has 18 nitrogen and oxygen atoms in total. The maximum atomic E-state index is 14.1. The van der Waals surface area contributed by atoms with Gasteiger partial charge in [-0.3, -0.25) is 53.2 Å². The second-order valence-electron chi connectivity index (χ2n) is 13.9. The van der Waals surface area contributed by atoms with Gasteiger partial charge in [0.15, 0.2) is 0 Å². The summed E-state index contributed by atoms with van der Waals surface area (Å²) in [5.41, 5.74) is 0.134. The number of carboxylic acids is 4. The van der Waals surface area contributed by atoms with E-state index in [-0.39, 0.29) is 107 Å². The van der Waals surface area contributed by atoms with Crippen molar-refractivity contribution in [2.75, 3.05) is 103 Å². The molecule has 1 aliphatic heterocycles. The molecule has 0 spiro atoms. The number of amides is 3. The van der Waals surface area contributed by atoms with Gasteiger partial charge in [-0.05, 0) is 30.0 Å². The Labute approximate surface area is 316 Å². The van der Waals surface area contributed by atoms with E-state index in [4.69, 9.17) is 0 Å². The molecule has 0 radical (unpaired) electrons. The lowest BCUT2D eigenvalue weighted by Gasteiger charge is -2.33. The van der Waals surface area contributed by atoms with Crippen LogP contribution in [0.2, 0.25) is 0 Å². The quantitative estimate of drug-likeness (QED) is 0.110. The SMILES string of the molecule is CCC(C)CNC(=O)c1cc(C(=O)NCC(C)CC)cc(N(CC(=O)O)C(=O)CN2CCN(CC(=O)O)CCN(CC(=O)O)CCN(CC(=O)O)CC2)c1. The van der Waals surface area contributed by atoms with Crippen LogP contribution >= 0.6 is 0 Å². The Balaban J connectivity index is 2.50. The van der Waals surface area contributed by atoms with Gasteiger partial charge in [-0.15, -0.1) is 0 Å². The number of carbonyl (C=O) groups excluding carboxylic acids is 3. The number of anilines is 1. The molecular formula is C36H57N7O11. The fraction of sp³-hybridized carbons (Fsp3) is 0.639. The summed E-state index contributed by atoms with van der Waals surface area (Å²) in [6.45, 7) is 7.71. The van der Waals surface area contributed by atoms with Gasteiger partial charge >= 0.3 is 23.9 Å². The molecule has 1 aromatic rings. The summed E-state index contributed by atoms with van der Waals surface area (Å²) >= 11 is 0. The number of hydrogen-bond acceptors (Lipinski definition) is 11. The van der Waals surface area contributed by atoms with Gasteiger partial charge < -0.3 is 36.0 Å². The van der Waals surface area contributed by atoms with Gasteiger partial charge in [-0.2, -0.15) is 0 Å². The summed E-state index contributed by atoms with van der Waals surface area (Å²) in [5.74, 6) is -5.99. The predicted octanol–water partition coefficient (Wildman–Crippen LogP) is 0.131. The van der Waals surface area contributed by atoms with Gasteiger partial charge in [-0.25, -0.2) is 0 Å². The lowest BCUT2D eigenvalue weighted by molar-refractivity contribution is -0.140. The molecule has 3 amide bonds. The smallest absolute Gasteiger partial charge is 0.323 e. The van der Waals surface area contributed by atoms with E-state index in [0.717, 1.165) is 17.7 Å². The van der Waals surface area contributed by atoms with Gasteiger partial charge in [0.05, 0.1) is 26.2 Å². The molecule has 6 N–H and O–H groups in total. The van der Waals surface area contributed by atoms with E-state index in [1.807, 2.05) is 27.7 Å². The summed E-state index contributed by atoms with van der Waals surface area (Å²) in [5, 5.41) is 44.1. The van der Waals surface area contributed by atoms with E-state index in [9.17, 15) is 54.0 Å². The number of nitrogens with one attached hydrogen (secondary N) is 2. The van der Waals surface area contributed by atoms with Gasteiger partial charge in [0.25, 0.3) is 11.8 Å². The highest BCUT2D eigenvalue weighted by Crippen LogP contribution is 2.21. The van der Waals surface area contributed by atoms with Crippen LogP contribution in [0.3, 0.4) is 0 Å². The third kappa shape index (κ3) is 17.0. The van der Waals surface area contributed by atoms with Crippen LogP contribution in [0, 0.1) is 11.8 Å². The molecular weight excluding hydrogens is 706 g/mol. The first kappa shape index (κ1) is 45.5. The van der Waals surface area contributed by atoms with Gasteiger partial charge in [0.1, 0.15) is 6.54 Å². The zero-order chi connectivity index (χ0) is 40.4. The Morgan fingerprint density at radius 3 is 1.20 bits per heavy atom. The molecule has 0 aromatic heterocycles. The van der Waals surface area contributed by atoms with Crippen molar-refractivity contribution in [1.82, 2.24) is 30.2 Å². The molecule has 1 aliphatic rings. The largest absolute Gasteiger partial charge is 0.480 e. The number of benzene rings is 1. The molecule has 1 fully saturated rings. The van der Waals surface area contributed by atoms with Crippen molar-refractivity contribution in [3.63, 3.8) is 0 Å². The average Bonchev–Trinajstić information content (AvgIpc) is 3.11. The lowest BCUT2D eigenvalue weighted by atomic mass is 10.0. The van der Waals surface area contributed by atoms with Crippen LogP contribution in [0.15, 0.2) is 18.2 Å². The molecule has 1 saturated heterocycles. The van der Waals surface area contributed by atoms with E-state index >= 15 is 0 Å². The summed E-state index contributed by atoms with van der Waals surface area (Å²) in [4.78, 5) is 95.2. The van der Waals surface area contributed by atoms with Crippen molar-refractivity contribution in [1.29, 1.82) is 0 Å². The number of carboxylic acid groups (broad SMARTS) is 4. The summed E-state index contributed by atoms with van der Waals surface area (Å²) < 4.78 is 0. The molecule has 2 unspecified atom stereocenters. The number of hydrogen-bond donors (Lipinski definition) is 6. The minimum absolute atomic E-state index is 0.0140. The Bertz CT molecular complexity index is 1380. The van der Waals surface area contributed by atoms with Gasteiger partial charge in [0.2, 0.25) is 5.91 Å². The van der Waals surface area contributed by atoms with Crippen molar-refractivity contribution < 1.29 is 54.0 Å². The predicted molar refractivity (Wildman–Crippen MR) is 199 cm³/mol. The van der Waals surface area contributed by atoms with E-state index in [1.165, 1.54) is 18.2 Å². The second kappa shape index (κ2) is 23.2. The van der Waals surface area contributed by atoms with Gasteiger partial charge in [-0.1, -0.05) is 40.5 Å². The fourth-order valence-corrected chi connectivity index (χ4v) is 5.58. The Kier molecular flexibility index (Phi) is 19.6. The van der Waals surface area contributed by atoms with E-state index in [2.05, 4.69) is 10.6 Å². The molecule has 0 aliphatic carbocycles. The summed E-state index contributed by atoms with van der Waals surface area (Å²) in [6.07, 6.45) is 1.62. The van der Waals surface area contributed by atoms with Crippen molar-refractivity contribution in [3.05, 3.63) is 29.3 Å². The van der Waals surface area contributed by atoms with Crippen molar-refractivity contribution >= 4 is 47.3 Å². The summed E-state index contributed by atoms with van der Waals surface area (Å²) in [7, 11) is 0. The lowest BCUT2D eigenvalue weighted by Crippen LogP contribution is -2.50. The van der Waals surface area contributed by atoms with E-state index < -0.39 is 48.1 Å². The van der Waals surface area contributed by atoms with E-state index in [1.54, 1.807) is 19.6 Å². The van der Waals surface area contributed by atoms with Crippen molar-refractivity contribution in [2.24, 2.45) is 11.8 Å². The maximum absolute atomic E-state index is 14.1. The van der Waals surface area contributed by atoms with Crippen LogP contribution < -0.4 is 15.5 Å². The molecule has 0 bridgehead atoms. The first-order chi connectivity index (χ1) is 25.5. The zero-order valence-corrected chi connectivity index (χ0v) is 31.8. The van der Waals surface area contributed by atoms with Crippen LogP contribution in [0.25, 0.3) is 0 Å².